The second kappa shape index (κ2) is 8.43. The van der Waals surface area contributed by atoms with E-state index in [0.717, 1.165) is 11.1 Å². The highest BCUT2D eigenvalue weighted by molar-refractivity contribution is 5.94. The van der Waals surface area contributed by atoms with E-state index < -0.39 is 6.36 Å². The molecule has 5 aromatic rings. The van der Waals surface area contributed by atoms with E-state index >= 15 is 0 Å². The maximum atomic E-state index is 13.3. The molecule has 0 saturated carbocycles. The number of aromatic nitrogens is 3. The first-order valence-corrected chi connectivity index (χ1v) is 10.6. The van der Waals surface area contributed by atoms with Crippen LogP contribution < -0.4 is 10.3 Å². The molecule has 0 atom stereocenters. The average Bonchev–Trinajstić information content (AvgIpc) is 3.31. The van der Waals surface area contributed by atoms with Crippen LogP contribution in [0.2, 0.25) is 0 Å². The summed E-state index contributed by atoms with van der Waals surface area (Å²) >= 11 is 0. The highest BCUT2D eigenvalue weighted by atomic mass is 19.4. The first kappa shape index (κ1) is 22.4. The first-order chi connectivity index (χ1) is 16.7. The standard InChI is InChI=1S/C26H18F3N3O3/c1-15-7-10-18(13-16(15)2)32-14-22(20-5-3-4-6-21(20)25(32)33)24-30-23(31-35-24)17-8-11-19(12-9-17)34-26(27,28)29/h3-14H,1-2H3. The lowest BCUT2D eigenvalue weighted by molar-refractivity contribution is -0.274. The van der Waals surface area contributed by atoms with Crippen LogP contribution in [0.3, 0.4) is 0 Å². The van der Waals surface area contributed by atoms with Crippen LogP contribution in [0.15, 0.2) is 82.2 Å². The fourth-order valence-corrected chi connectivity index (χ4v) is 3.78. The molecule has 0 aliphatic rings. The van der Waals surface area contributed by atoms with Crippen molar-refractivity contribution in [1.29, 1.82) is 0 Å². The number of nitrogens with zero attached hydrogens (tertiary/aromatic N) is 3. The summed E-state index contributed by atoms with van der Waals surface area (Å²) in [5, 5.41) is 5.11. The maximum absolute atomic E-state index is 13.3. The van der Waals surface area contributed by atoms with Crippen LogP contribution in [-0.2, 0) is 0 Å². The summed E-state index contributed by atoms with van der Waals surface area (Å²) in [5.74, 6) is 0.00685. The van der Waals surface area contributed by atoms with Crippen LogP contribution in [0.5, 0.6) is 5.75 Å². The van der Waals surface area contributed by atoms with Gasteiger partial charge in [0.25, 0.3) is 11.4 Å². The van der Waals surface area contributed by atoms with Crippen molar-refractivity contribution in [3.05, 3.63) is 94.4 Å². The normalized spacial score (nSPS) is 11.7. The number of pyridine rings is 1. The predicted octanol–water partition coefficient (Wildman–Crippen LogP) is 6.22. The Morgan fingerprint density at radius 3 is 2.31 bits per heavy atom. The lowest BCUT2D eigenvalue weighted by Gasteiger charge is -2.12. The molecule has 9 heteroatoms. The molecule has 0 spiro atoms. The minimum atomic E-state index is -4.78. The zero-order chi connectivity index (χ0) is 24.7. The number of ether oxygens (including phenoxy) is 1. The molecule has 5 rings (SSSR count). The predicted molar refractivity (Wildman–Crippen MR) is 124 cm³/mol. The summed E-state index contributed by atoms with van der Waals surface area (Å²) in [6, 6.07) is 18.0. The van der Waals surface area contributed by atoms with Crippen molar-refractivity contribution in [1.82, 2.24) is 14.7 Å². The van der Waals surface area contributed by atoms with Gasteiger partial charge in [-0.2, -0.15) is 4.98 Å². The van der Waals surface area contributed by atoms with Gasteiger partial charge in [-0.1, -0.05) is 29.4 Å². The van der Waals surface area contributed by atoms with E-state index in [1.807, 2.05) is 38.1 Å². The van der Waals surface area contributed by atoms with Crippen molar-refractivity contribution in [3.63, 3.8) is 0 Å². The lowest BCUT2D eigenvalue weighted by Crippen LogP contribution is -2.18. The summed E-state index contributed by atoms with van der Waals surface area (Å²) in [5.41, 5.74) is 3.66. The molecule has 176 valence electrons. The zero-order valence-corrected chi connectivity index (χ0v) is 18.6. The van der Waals surface area contributed by atoms with Gasteiger partial charge in [0.1, 0.15) is 5.75 Å². The third-order valence-electron chi connectivity index (χ3n) is 5.70. The molecule has 6 nitrogen and oxygen atoms in total. The molecule has 2 aromatic heterocycles. The van der Waals surface area contributed by atoms with E-state index in [1.54, 1.807) is 24.4 Å². The van der Waals surface area contributed by atoms with E-state index in [4.69, 9.17) is 4.52 Å². The Bertz CT molecular complexity index is 1600. The molecule has 2 heterocycles. The number of aryl methyl sites for hydroxylation is 2. The highest BCUT2D eigenvalue weighted by Crippen LogP contribution is 2.30. The Morgan fingerprint density at radius 2 is 1.63 bits per heavy atom. The van der Waals surface area contributed by atoms with Gasteiger partial charge in [0.15, 0.2) is 0 Å². The first-order valence-electron chi connectivity index (χ1n) is 10.6. The number of fused-ring (bicyclic) bond motifs is 1. The summed E-state index contributed by atoms with van der Waals surface area (Å²) < 4.78 is 48.2. The number of benzene rings is 3. The fraction of sp³-hybridized carbons (Fsp3) is 0.115. The number of halogens is 3. The van der Waals surface area contributed by atoms with Gasteiger partial charge in [-0.25, -0.2) is 0 Å². The van der Waals surface area contributed by atoms with Crippen molar-refractivity contribution < 1.29 is 22.4 Å². The largest absolute Gasteiger partial charge is 0.573 e. The Balaban J connectivity index is 1.60. The monoisotopic (exact) mass is 477 g/mol. The molecule has 0 aliphatic heterocycles. The van der Waals surface area contributed by atoms with Crippen LogP contribution in [0.1, 0.15) is 11.1 Å². The molecular formula is C26H18F3N3O3. The number of alkyl halides is 3. The maximum Gasteiger partial charge on any atom is 0.573 e. The molecule has 0 amide bonds. The zero-order valence-electron chi connectivity index (χ0n) is 18.6. The third kappa shape index (κ3) is 4.40. The third-order valence-corrected chi connectivity index (χ3v) is 5.70. The minimum Gasteiger partial charge on any atom is -0.406 e. The molecule has 0 N–H and O–H groups in total. The van der Waals surface area contributed by atoms with Crippen LogP contribution >= 0.6 is 0 Å². The van der Waals surface area contributed by atoms with Gasteiger partial charge in [0.2, 0.25) is 5.82 Å². The molecule has 0 fully saturated rings. The summed E-state index contributed by atoms with van der Waals surface area (Å²) in [7, 11) is 0. The topological polar surface area (TPSA) is 70.2 Å². The molecule has 0 saturated heterocycles. The van der Waals surface area contributed by atoms with Crippen LogP contribution in [0, 0.1) is 13.8 Å². The van der Waals surface area contributed by atoms with Gasteiger partial charge in [0.05, 0.1) is 5.56 Å². The average molecular weight is 477 g/mol. The quantitative estimate of drug-likeness (QED) is 0.307. The smallest absolute Gasteiger partial charge is 0.406 e. The molecule has 0 radical (unpaired) electrons. The van der Waals surface area contributed by atoms with Crippen molar-refractivity contribution in [3.8, 4) is 34.3 Å². The number of rotatable bonds is 4. The summed E-state index contributed by atoms with van der Waals surface area (Å²) in [4.78, 5) is 17.7. The van der Waals surface area contributed by atoms with Crippen molar-refractivity contribution >= 4 is 10.8 Å². The van der Waals surface area contributed by atoms with Gasteiger partial charge in [-0.15, -0.1) is 13.2 Å². The second-order valence-electron chi connectivity index (χ2n) is 8.03. The molecule has 0 bridgehead atoms. The van der Waals surface area contributed by atoms with Crippen molar-refractivity contribution in [2.75, 3.05) is 0 Å². The van der Waals surface area contributed by atoms with E-state index in [9.17, 15) is 18.0 Å². The SMILES string of the molecule is Cc1ccc(-n2cc(-c3nc(-c4ccc(OC(F)(F)F)cc4)no3)c3ccccc3c2=O)cc1C. The van der Waals surface area contributed by atoms with E-state index in [2.05, 4.69) is 14.9 Å². The Labute approximate surface area is 197 Å². The highest BCUT2D eigenvalue weighted by Gasteiger charge is 2.31. The van der Waals surface area contributed by atoms with Gasteiger partial charge >= 0.3 is 6.36 Å². The lowest BCUT2D eigenvalue weighted by atomic mass is 10.1. The van der Waals surface area contributed by atoms with E-state index in [-0.39, 0.29) is 23.0 Å². The van der Waals surface area contributed by atoms with E-state index in [0.29, 0.717) is 27.6 Å². The van der Waals surface area contributed by atoms with Crippen LogP contribution in [0.25, 0.3) is 39.3 Å². The Hall–Kier alpha value is -4.40. The van der Waals surface area contributed by atoms with Gasteiger partial charge in [-0.3, -0.25) is 9.36 Å². The molecule has 0 aliphatic carbocycles. The number of hydrogen-bond donors (Lipinski definition) is 0. The van der Waals surface area contributed by atoms with Crippen LogP contribution in [0.4, 0.5) is 13.2 Å². The minimum absolute atomic E-state index is 0.171. The fourth-order valence-electron chi connectivity index (χ4n) is 3.78. The number of hydrogen-bond acceptors (Lipinski definition) is 5. The Morgan fingerprint density at radius 1 is 0.914 bits per heavy atom. The molecular weight excluding hydrogens is 459 g/mol. The second-order valence-corrected chi connectivity index (χ2v) is 8.03. The van der Waals surface area contributed by atoms with Crippen molar-refractivity contribution in [2.24, 2.45) is 0 Å². The van der Waals surface area contributed by atoms with Gasteiger partial charge in [-0.05, 0) is 67.4 Å². The molecule has 3 aromatic carbocycles. The van der Waals surface area contributed by atoms with Gasteiger partial charge in [0, 0.05) is 28.2 Å². The summed E-state index contributed by atoms with van der Waals surface area (Å²) in [6.45, 7) is 3.97. The van der Waals surface area contributed by atoms with E-state index in [1.165, 1.54) is 28.8 Å². The Kier molecular flexibility index (Phi) is 5.39. The van der Waals surface area contributed by atoms with Crippen molar-refractivity contribution in [2.45, 2.75) is 20.2 Å². The molecule has 35 heavy (non-hydrogen) atoms. The van der Waals surface area contributed by atoms with Gasteiger partial charge < -0.3 is 9.26 Å². The van der Waals surface area contributed by atoms with Crippen LogP contribution in [-0.4, -0.2) is 21.1 Å². The molecule has 0 unspecified atom stereocenters. The summed E-state index contributed by atoms with van der Waals surface area (Å²) in [6.07, 6.45) is -3.12.